The van der Waals surface area contributed by atoms with Gasteiger partial charge < -0.3 is 0 Å². The minimum absolute atomic E-state index is 0.0737. The van der Waals surface area contributed by atoms with Crippen molar-refractivity contribution in [1.29, 1.82) is 0 Å². The molecule has 150 valence electrons. The Morgan fingerprint density at radius 2 is 1.69 bits per heavy atom. The molecule has 10 heteroatoms. The first-order chi connectivity index (χ1) is 13.8. The van der Waals surface area contributed by atoms with Gasteiger partial charge in [-0.1, -0.05) is 41.9 Å². The molecule has 0 aliphatic heterocycles. The Morgan fingerprint density at radius 1 is 1.00 bits per heavy atom. The van der Waals surface area contributed by atoms with E-state index in [0.717, 1.165) is 5.56 Å². The van der Waals surface area contributed by atoms with Crippen LogP contribution in [-0.2, 0) is 14.6 Å². The molecule has 2 aromatic carbocycles. The zero-order valence-corrected chi connectivity index (χ0v) is 16.6. The van der Waals surface area contributed by atoms with Crippen molar-refractivity contribution in [3.63, 3.8) is 0 Å². The summed E-state index contributed by atoms with van der Waals surface area (Å²) in [5.41, 5.74) is 5.98. The number of aromatic amines is 1. The predicted octanol–water partition coefficient (Wildman–Crippen LogP) is 2.36. The third-order valence-corrected chi connectivity index (χ3v) is 5.96. The van der Waals surface area contributed by atoms with Crippen LogP contribution in [0.4, 0.5) is 0 Å². The largest absolute Gasteiger partial charge is 0.287 e. The molecule has 0 spiro atoms. The zero-order chi connectivity index (χ0) is 20.9. The lowest BCUT2D eigenvalue weighted by Gasteiger charge is -2.07. The van der Waals surface area contributed by atoms with E-state index in [0.29, 0.717) is 10.7 Å². The number of nitrogens with zero attached hydrogens (tertiary/aromatic N) is 1. The average molecular weight is 433 g/mol. The van der Waals surface area contributed by atoms with Crippen LogP contribution in [-0.4, -0.2) is 36.2 Å². The second-order valence-electron chi connectivity index (χ2n) is 6.06. The standard InChI is InChI=1S/C19H17ClN4O4S/c20-14-6-8-15(9-7-14)29(27,28)11-10-18(25)23-24-19(26)17-12-16(21-22-17)13-4-2-1-3-5-13/h1-9,12H,10-11H2,(H,21,22)(H,23,25)(H,24,26). The van der Waals surface area contributed by atoms with Gasteiger partial charge in [0.05, 0.1) is 16.3 Å². The van der Waals surface area contributed by atoms with Crippen molar-refractivity contribution in [3.05, 3.63) is 71.4 Å². The van der Waals surface area contributed by atoms with Gasteiger partial charge in [0, 0.05) is 17.0 Å². The number of carbonyl (C=O) groups is 2. The molecule has 29 heavy (non-hydrogen) atoms. The summed E-state index contributed by atoms with van der Waals surface area (Å²) in [5.74, 6) is -1.65. The highest BCUT2D eigenvalue weighted by Crippen LogP contribution is 2.17. The molecule has 0 radical (unpaired) electrons. The normalized spacial score (nSPS) is 11.1. The highest BCUT2D eigenvalue weighted by atomic mass is 35.5. The van der Waals surface area contributed by atoms with Gasteiger partial charge in [-0.05, 0) is 30.3 Å². The number of hydrogen-bond acceptors (Lipinski definition) is 5. The molecule has 2 amide bonds. The smallest absolute Gasteiger partial charge is 0.273 e. The summed E-state index contributed by atoms with van der Waals surface area (Å²) in [7, 11) is -3.64. The molecule has 3 aromatic rings. The Morgan fingerprint density at radius 3 is 2.38 bits per heavy atom. The fourth-order valence-corrected chi connectivity index (χ4v) is 3.80. The molecule has 3 rings (SSSR count). The van der Waals surface area contributed by atoms with Crippen molar-refractivity contribution >= 4 is 33.3 Å². The molecule has 0 bridgehead atoms. The van der Waals surface area contributed by atoms with Gasteiger partial charge in [-0.3, -0.25) is 25.5 Å². The number of benzene rings is 2. The van der Waals surface area contributed by atoms with Gasteiger partial charge in [-0.25, -0.2) is 8.42 Å². The van der Waals surface area contributed by atoms with Gasteiger partial charge in [0.1, 0.15) is 5.69 Å². The second kappa shape index (κ2) is 8.89. The number of rotatable bonds is 6. The maximum atomic E-state index is 12.2. The molecule has 0 unspecified atom stereocenters. The van der Waals surface area contributed by atoms with Crippen LogP contribution in [0.25, 0.3) is 11.3 Å². The summed E-state index contributed by atoms with van der Waals surface area (Å²) >= 11 is 5.74. The van der Waals surface area contributed by atoms with E-state index < -0.39 is 27.4 Å². The maximum Gasteiger partial charge on any atom is 0.287 e. The van der Waals surface area contributed by atoms with E-state index in [1.165, 1.54) is 24.3 Å². The summed E-state index contributed by atoms with van der Waals surface area (Å²) in [4.78, 5) is 24.1. The van der Waals surface area contributed by atoms with Crippen LogP contribution < -0.4 is 10.9 Å². The molecule has 0 fully saturated rings. The number of halogens is 1. The van der Waals surface area contributed by atoms with Crippen molar-refractivity contribution in [1.82, 2.24) is 21.0 Å². The quantitative estimate of drug-likeness (QED) is 0.516. The third-order valence-electron chi connectivity index (χ3n) is 3.98. The number of H-pyrrole nitrogens is 1. The van der Waals surface area contributed by atoms with E-state index in [4.69, 9.17) is 11.6 Å². The fourth-order valence-electron chi connectivity index (χ4n) is 2.44. The molecule has 0 saturated heterocycles. The predicted molar refractivity (Wildman–Crippen MR) is 108 cm³/mol. The topological polar surface area (TPSA) is 121 Å². The Labute approximate surface area is 172 Å². The highest BCUT2D eigenvalue weighted by molar-refractivity contribution is 7.91. The van der Waals surface area contributed by atoms with Gasteiger partial charge in [-0.2, -0.15) is 5.10 Å². The van der Waals surface area contributed by atoms with Crippen molar-refractivity contribution in [2.45, 2.75) is 11.3 Å². The number of hydrazine groups is 1. The van der Waals surface area contributed by atoms with Crippen LogP contribution in [0.15, 0.2) is 65.6 Å². The number of amides is 2. The number of aromatic nitrogens is 2. The van der Waals surface area contributed by atoms with E-state index >= 15 is 0 Å². The zero-order valence-electron chi connectivity index (χ0n) is 15.1. The fraction of sp³-hybridized carbons (Fsp3) is 0.105. The lowest BCUT2D eigenvalue weighted by molar-refractivity contribution is -0.121. The monoisotopic (exact) mass is 432 g/mol. The molecule has 0 saturated carbocycles. The molecule has 3 N–H and O–H groups in total. The van der Waals surface area contributed by atoms with Gasteiger partial charge in [0.25, 0.3) is 5.91 Å². The van der Waals surface area contributed by atoms with Crippen LogP contribution in [0, 0.1) is 0 Å². The minimum atomic E-state index is -3.64. The third kappa shape index (κ3) is 5.43. The van der Waals surface area contributed by atoms with Gasteiger partial charge in [-0.15, -0.1) is 0 Å². The molecular weight excluding hydrogens is 416 g/mol. The Hall–Kier alpha value is -3.17. The van der Waals surface area contributed by atoms with Crippen LogP contribution in [0.5, 0.6) is 0 Å². The van der Waals surface area contributed by atoms with Crippen LogP contribution in [0.2, 0.25) is 5.02 Å². The summed E-state index contributed by atoms with van der Waals surface area (Å²) < 4.78 is 24.4. The Balaban J connectivity index is 1.51. The molecular formula is C19H17ClN4O4S. The number of hydrogen-bond donors (Lipinski definition) is 3. The Bertz CT molecular complexity index is 1110. The molecule has 8 nitrogen and oxygen atoms in total. The molecule has 0 atom stereocenters. The lowest BCUT2D eigenvalue weighted by Crippen LogP contribution is -2.42. The second-order valence-corrected chi connectivity index (χ2v) is 8.60. The molecule has 1 aromatic heterocycles. The van der Waals surface area contributed by atoms with Crippen molar-refractivity contribution in [3.8, 4) is 11.3 Å². The Kier molecular flexibility index (Phi) is 6.30. The van der Waals surface area contributed by atoms with E-state index in [-0.39, 0.29) is 17.0 Å². The summed E-state index contributed by atoms with van der Waals surface area (Å²) in [6.45, 7) is 0. The first-order valence-corrected chi connectivity index (χ1v) is 10.6. The van der Waals surface area contributed by atoms with Crippen LogP contribution >= 0.6 is 11.6 Å². The minimum Gasteiger partial charge on any atom is -0.273 e. The van der Waals surface area contributed by atoms with Crippen molar-refractivity contribution in [2.24, 2.45) is 0 Å². The summed E-state index contributed by atoms with van der Waals surface area (Å²) in [5, 5.41) is 7.06. The van der Waals surface area contributed by atoms with E-state index in [1.807, 2.05) is 30.3 Å². The molecule has 0 aliphatic rings. The molecule has 0 aliphatic carbocycles. The lowest BCUT2D eigenvalue weighted by atomic mass is 10.1. The van der Waals surface area contributed by atoms with Gasteiger partial charge >= 0.3 is 0 Å². The van der Waals surface area contributed by atoms with E-state index in [9.17, 15) is 18.0 Å². The number of nitrogens with one attached hydrogen (secondary N) is 3. The number of sulfone groups is 1. The van der Waals surface area contributed by atoms with Crippen molar-refractivity contribution in [2.75, 3.05) is 5.75 Å². The average Bonchev–Trinajstić information content (AvgIpc) is 3.22. The number of carbonyl (C=O) groups excluding carboxylic acids is 2. The SMILES string of the molecule is O=C(CCS(=O)(=O)c1ccc(Cl)cc1)NNC(=O)c1cc(-c2ccccc2)n[nH]1. The van der Waals surface area contributed by atoms with Gasteiger partial charge in [0.2, 0.25) is 5.91 Å². The molecule has 1 heterocycles. The van der Waals surface area contributed by atoms with Crippen LogP contribution in [0.1, 0.15) is 16.9 Å². The first-order valence-electron chi connectivity index (χ1n) is 8.53. The van der Waals surface area contributed by atoms with E-state index in [1.54, 1.807) is 6.07 Å². The summed E-state index contributed by atoms with van der Waals surface area (Å²) in [6, 6.07) is 16.5. The van der Waals surface area contributed by atoms with E-state index in [2.05, 4.69) is 21.0 Å². The highest BCUT2D eigenvalue weighted by Gasteiger charge is 2.17. The maximum absolute atomic E-state index is 12.2. The van der Waals surface area contributed by atoms with Crippen LogP contribution in [0.3, 0.4) is 0 Å². The summed E-state index contributed by atoms with van der Waals surface area (Å²) in [6.07, 6.45) is -0.316. The van der Waals surface area contributed by atoms with Crippen molar-refractivity contribution < 1.29 is 18.0 Å². The first kappa shape index (κ1) is 20.6. The van der Waals surface area contributed by atoms with Gasteiger partial charge in [0.15, 0.2) is 9.84 Å².